The Morgan fingerprint density at radius 1 is 1.27 bits per heavy atom. The number of halogens is 1. The molecule has 0 heterocycles. The number of benzene rings is 1. The topological polar surface area (TPSA) is 29.5 Å². The van der Waals surface area contributed by atoms with Gasteiger partial charge in [-0.2, -0.15) is 0 Å². The van der Waals surface area contributed by atoms with Crippen molar-refractivity contribution in [3.8, 4) is 5.75 Å². The van der Waals surface area contributed by atoms with Crippen LogP contribution in [0.4, 0.5) is 0 Å². The number of phenols is 1. The van der Waals surface area contributed by atoms with Crippen molar-refractivity contribution in [1.29, 1.82) is 0 Å². The fourth-order valence-corrected chi connectivity index (χ4v) is 0.910. The van der Waals surface area contributed by atoms with E-state index in [0.29, 0.717) is 12.1 Å². The zero-order valence-corrected chi connectivity index (χ0v) is 7.54. The van der Waals surface area contributed by atoms with E-state index in [-0.39, 0.29) is 5.75 Å². The average molecular weight is 217 g/mol. The van der Waals surface area contributed by atoms with Crippen molar-refractivity contribution in [2.24, 2.45) is 0 Å². The van der Waals surface area contributed by atoms with Crippen molar-refractivity contribution in [3.05, 3.63) is 29.8 Å². The van der Waals surface area contributed by atoms with Gasteiger partial charge >= 0.3 is 0 Å². The average Bonchev–Trinajstić information content (AvgIpc) is 2.04. The van der Waals surface area contributed by atoms with Crippen LogP contribution in [-0.4, -0.2) is 10.6 Å². The van der Waals surface area contributed by atoms with Crippen LogP contribution in [0.25, 0.3) is 0 Å². The van der Waals surface area contributed by atoms with E-state index < -0.39 is 0 Å². The normalized spacial score (nSPS) is 9.91. The Hall–Kier alpha value is -0.540. The maximum Gasteiger partial charge on any atom is 0.115 e. The first-order chi connectivity index (χ1) is 5.33. The summed E-state index contributed by atoms with van der Waals surface area (Å²) in [5.41, 5.74) is 1.59. The first-order valence-corrected chi connectivity index (χ1v) is 4.36. The second kappa shape index (κ2) is 4.36. The molecule has 0 saturated carbocycles. The van der Waals surface area contributed by atoms with Crippen LogP contribution in [0.2, 0.25) is 0 Å². The fourth-order valence-electron chi connectivity index (χ4n) is 0.749. The molecule has 60 valence electrons. The molecule has 1 aromatic carbocycles. The maximum atomic E-state index is 8.93. The van der Waals surface area contributed by atoms with Crippen LogP contribution in [0.1, 0.15) is 5.56 Å². The predicted molar refractivity (Wildman–Crippen MR) is 46.7 cm³/mol. The summed E-state index contributed by atoms with van der Waals surface area (Å²) >= 11 is 3.15. The van der Waals surface area contributed by atoms with E-state index in [1.54, 1.807) is 12.1 Å². The second-order valence-corrected chi connectivity index (χ2v) is 2.58. The van der Waals surface area contributed by atoms with Crippen LogP contribution < -0.4 is 0 Å². The fraction of sp³-hybridized carbons (Fsp3) is 0.250. The highest BCUT2D eigenvalue weighted by Gasteiger charge is 1.91. The van der Waals surface area contributed by atoms with Crippen molar-refractivity contribution >= 4 is 15.9 Å². The lowest BCUT2D eigenvalue weighted by Crippen LogP contribution is -1.88. The van der Waals surface area contributed by atoms with Gasteiger partial charge < -0.3 is 9.84 Å². The second-order valence-electron chi connectivity index (χ2n) is 2.12. The molecule has 0 unspecified atom stereocenters. The lowest BCUT2D eigenvalue weighted by Gasteiger charge is -1.99. The Labute approximate surface area is 73.9 Å². The van der Waals surface area contributed by atoms with Crippen molar-refractivity contribution in [3.63, 3.8) is 0 Å². The Kier molecular flexibility index (Phi) is 3.39. The summed E-state index contributed by atoms with van der Waals surface area (Å²) in [5, 5.41) is 8.93. The zero-order chi connectivity index (χ0) is 8.10. The Morgan fingerprint density at radius 3 is 2.45 bits per heavy atom. The molecule has 0 aliphatic heterocycles. The monoisotopic (exact) mass is 216 g/mol. The Bertz CT molecular complexity index is 208. The van der Waals surface area contributed by atoms with Crippen LogP contribution in [0.3, 0.4) is 0 Å². The standard InChI is InChI=1S/C8H9BrO2/c9-6-11-5-7-1-3-8(10)4-2-7/h1-4,10H,5-6H2. The van der Waals surface area contributed by atoms with E-state index in [0.717, 1.165) is 5.56 Å². The van der Waals surface area contributed by atoms with E-state index in [4.69, 9.17) is 9.84 Å². The SMILES string of the molecule is Oc1ccc(COCBr)cc1. The molecular weight excluding hydrogens is 208 g/mol. The number of aromatic hydroxyl groups is 1. The molecule has 0 bridgehead atoms. The van der Waals surface area contributed by atoms with E-state index in [2.05, 4.69) is 15.9 Å². The number of ether oxygens (including phenoxy) is 1. The lowest BCUT2D eigenvalue weighted by molar-refractivity contribution is 0.172. The third kappa shape index (κ3) is 2.91. The van der Waals surface area contributed by atoms with Gasteiger partial charge in [0.25, 0.3) is 0 Å². The van der Waals surface area contributed by atoms with Crippen LogP contribution >= 0.6 is 15.9 Å². The predicted octanol–water partition coefficient (Wildman–Crippen LogP) is 2.26. The molecule has 0 aromatic heterocycles. The molecule has 0 aliphatic rings. The molecule has 0 fully saturated rings. The van der Waals surface area contributed by atoms with Gasteiger partial charge in [-0.3, -0.25) is 0 Å². The molecule has 0 saturated heterocycles. The van der Waals surface area contributed by atoms with Crippen molar-refractivity contribution < 1.29 is 9.84 Å². The van der Waals surface area contributed by atoms with Crippen molar-refractivity contribution in [2.75, 3.05) is 5.52 Å². The van der Waals surface area contributed by atoms with Crippen LogP contribution in [0.15, 0.2) is 24.3 Å². The van der Waals surface area contributed by atoms with Gasteiger partial charge in [-0.05, 0) is 17.7 Å². The summed E-state index contributed by atoms with van der Waals surface area (Å²) < 4.78 is 5.09. The minimum atomic E-state index is 0.285. The third-order valence-corrected chi connectivity index (χ3v) is 1.61. The molecule has 3 heteroatoms. The first kappa shape index (κ1) is 8.56. The van der Waals surface area contributed by atoms with Gasteiger partial charge in [0.05, 0.1) is 6.61 Å². The van der Waals surface area contributed by atoms with E-state index in [1.165, 1.54) is 0 Å². The smallest absolute Gasteiger partial charge is 0.115 e. The minimum absolute atomic E-state index is 0.285. The number of phenolic OH excluding ortho intramolecular Hbond substituents is 1. The first-order valence-electron chi connectivity index (χ1n) is 3.24. The minimum Gasteiger partial charge on any atom is -0.508 e. The molecule has 2 nitrogen and oxygen atoms in total. The van der Waals surface area contributed by atoms with Gasteiger partial charge in [0, 0.05) is 0 Å². The Balaban J connectivity index is 2.52. The van der Waals surface area contributed by atoms with Crippen molar-refractivity contribution in [1.82, 2.24) is 0 Å². The summed E-state index contributed by atoms with van der Waals surface area (Å²) in [7, 11) is 0. The van der Waals surface area contributed by atoms with Gasteiger partial charge in [0.1, 0.15) is 11.3 Å². The summed E-state index contributed by atoms with van der Waals surface area (Å²) in [6, 6.07) is 6.95. The van der Waals surface area contributed by atoms with E-state index in [9.17, 15) is 0 Å². The highest BCUT2D eigenvalue weighted by molar-refractivity contribution is 9.09. The third-order valence-electron chi connectivity index (χ3n) is 1.28. The van der Waals surface area contributed by atoms with Crippen LogP contribution in [0.5, 0.6) is 5.75 Å². The molecule has 0 aliphatic carbocycles. The maximum absolute atomic E-state index is 8.93. The quantitative estimate of drug-likeness (QED) is 0.787. The number of rotatable bonds is 3. The summed E-state index contributed by atoms with van der Waals surface area (Å²) in [4.78, 5) is 0. The molecule has 0 amide bonds. The zero-order valence-electron chi connectivity index (χ0n) is 5.96. The van der Waals surface area contributed by atoms with Crippen LogP contribution in [0, 0.1) is 0 Å². The molecular formula is C8H9BrO2. The largest absolute Gasteiger partial charge is 0.508 e. The molecule has 1 rings (SSSR count). The van der Waals surface area contributed by atoms with Gasteiger partial charge in [-0.15, -0.1) is 0 Å². The molecule has 1 aromatic rings. The molecule has 0 spiro atoms. The van der Waals surface area contributed by atoms with Crippen LogP contribution in [-0.2, 0) is 11.3 Å². The lowest BCUT2D eigenvalue weighted by atomic mass is 10.2. The highest BCUT2D eigenvalue weighted by Crippen LogP contribution is 2.10. The summed E-state index contributed by atoms with van der Waals surface area (Å²) in [6.45, 7) is 0.575. The van der Waals surface area contributed by atoms with Gasteiger partial charge in [-0.25, -0.2) is 0 Å². The molecule has 0 radical (unpaired) electrons. The molecule has 0 atom stereocenters. The molecule has 1 N–H and O–H groups in total. The summed E-state index contributed by atoms with van der Waals surface area (Å²) in [5.74, 6) is 0.285. The highest BCUT2D eigenvalue weighted by atomic mass is 79.9. The molecule has 11 heavy (non-hydrogen) atoms. The van der Waals surface area contributed by atoms with Gasteiger partial charge in [-0.1, -0.05) is 28.1 Å². The number of hydrogen-bond donors (Lipinski definition) is 1. The van der Waals surface area contributed by atoms with Crippen molar-refractivity contribution in [2.45, 2.75) is 6.61 Å². The summed E-state index contributed by atoms with van der Waals surface area (Å²) in [6.07, 6.45) is 0. The number of alkyl halides is 1. The Morgan fingerprint density at radius 2 is 1.91 bits per heavy atom. The van der Waals surface area contributed by atoms with E-state index in [1.807, 2.05) is 12.1 Å². The van der Waals surface area contributed by atoms with E-state index >= 15 is 0 Å². The number of hydrogen-bond acceptors (Lipinski definition) is 2. The van der Waals surface area contributed by atoms with Gasteiger partial charge in [0.15, 0.2) is 0 Å². The van der Waals surface area contributed by atoms with Gasteiger partial charge in [0.2, 0.25) is 0 Å².